The van der Waals surface area contributed by atoms with E-state index in [4.69, 9.17) is 4.74 Å². The van der Waals surface area contributed by atoms with Crippen molar-refractivity contribution in [2.75, 3.05) is 29.9 Å². The van der Waals surface area contributed by atoms with Gasteiger partial charge in [0.1, 0.15) is 0 Å². The zero-order valence-electron chi connectivity index (χ0n) is 15.3. The maximum absolute atomic E-state index is 12.6. The highest BCUT2D eigenvalue weighted by molar-refractivity contribution is 7.13. The van der Waals surface area contributed by atoms with Crippen molar-refractivity contribution in [2.24, 2.45) is 0 Å². The van der Waals surface area contributed by atoms with Gasteiger partial charge in [-0.2, -0.15) is 0 Å². The Balaban J connectivity index is 1.72. The number of nitrogens with one attached hydrogen (secondary N) is 1. The minimum atomic E-state index is -0.769. The number of non-ortho nitro benzene ring substituents is 1. The number of aromatic nitrogens is 1. The van der Waals surface area contributed by atoms with Crippen LogP contribution in [0.5, 0.6) is 0 Å². The molecule has 2 aromatic rings. The van der Waals surface area contributed by atoms with Gasteiger partial charge in [-0.1, -0.05) is 0 Å². The van der Waals surface area contributed by atoms with E-state index < -0.39 is 23.4 Å². The van der Waals surface area contributed by atoms with Crippen LogP contribution in [-0.2, 0) is 9.53 Å². The highest BCUT2D eigenvalue weighted by Crippen LogP contribution is 2.28. The lowest BCUT2D eigenvalue weighted by atomic mass is 10.1. The van der Waals surface area contributed by atoms with Crippen molar-refractivity contribution in [3.05, 3.63) is 45.0 Å². The van der Waals surface area contributed by atoms with Crippen molar-refractivity contribution in [1.82, 2.24) is 4.98 Å². The molecule has 0 unspecified atom stereocenters. The molecule has 1 fully saturated rings. The molecule has 0 bridgehead atoms. The van der Waals surface area contributed by atoms with E-state index in [0.717, 1.165) is 38.0 Å². The van der Waals surface area contributed by atoms with Crippen LogP contribution in [0.25, 0.3) is 0 Å². The van der Waals surface area contributed by atoms with Gasteiger partial charge in [-0.3, -0.25) is 20.2 Å². The fourth-order valence-corrected chi connectivity index (χ4v) is 3.69. The number of anilines is 2. The van der Waals surface area contributed by atoms with Gasteiger partial charge < -0.3 is 9.64 Å². The number of ether oxygens (including phenoxy) is 1. The van der Waals surface area contributed by atoms with Gasteiger partial charge in [-0.15, -0.1) is 11.3 Å². The second-order valence-corrected chi connectivity index (χ2v) is 7.28. The summed E-state index contributed by atoms with van der Waals surface area (Å²) in [4.78, 5) is 41.2. The van der Waals surface area contributed by atoms with Crippen LogP contribution in [0.4, 0.5) is 16.5 Å². The van der Waals surface area contributed by atoms with Crippen molar-refractivity contribution in [3.8, 4) is 0 Å². The van der Waals surface area contributed by atoms with Gasteiger partial charge in [-0.05, 0) is 32.3 Å². The number of hydrogen-bond donors (Lipinski definition) is 1. The first kappa shape index (κ1) is 19.7. The Labute approximate surface area is 165 Å². The van der Waals surface area contributed by atoms with Gasteiger partial charge in [0.05, 0.1) is 21.9 Å². The van der Waals surface area contributed by atoms with E-state index in [1.54, 1.807) is 18.4 Å². The van der Waals surface area contributed by atoms with Crippen LogP contribution in [-0.4, -0.2) is 41.5 Å². The van der Waals surface area contributed by atoms with Crippen LogP contribution in [0.15, 0.2) is 23.6 Å². The number of nitro benzene ring substituents is 1. The summed E-state index contributed by atoms with van der Waals surface area (Å²) in [5.74, 6) is -1.29. The molecule has 3 rings (SSSR count). The number of carbonyl (C=O) groups is 2. The Bertz CT molecular complexity index is 892. The molecule has 148 valence electrons. The number of nitro groups is 1. The molecule has 1 N–H and O–H groups in total. The predicted octanol–water partition coefficient (Wildman–Crippen LogP) is 3.15. The molecule has 1 aliphatic rings. The zero-order chi connectivity index (χ0) is 20.1. The molecular formula is C18H20N4O5S. The molecule has 0 spiro atoms. The number of amides is 1. The van der Waals surface area contributed by atoms with Crippen LogP contribution < -0.4 is 10.2 Å². The van der Waals surface area contributed by atoms with Gasteiger partial charge in [0.25, 0.3) is 11.6 Å². The predicted molar refractivity (Wildman–Crippen MR) is 105 cm³/mol. The van der Waals surface area contributed by atoms with Crippen LogP contribution in [0.2, 0.25) is 0 Å². The summed E-state index contributed by atoms with van der Waals surface area (Å²) in [5.41, 5.74) is 1.26. The highest BCUT2D eigenvalue weighted by atomic mass is 32.1. The van der Waals surface area contributed by atoms with E-state index in [1.807, 2.05) is 4.90 Å². The van der Waals surface area contributed by atoms with Crippen LogP contribution in [0.3, 0.4) is 0 Å². The average molecular weight is 404 g/mol. The zero-order valence-corrected chi connectivity index (χ0v) is 16.2. The first-order valence-electron chi connectivity index (χ1n) is 8.86. The molecule has 1 aromatic carbocycles. The largest absolute Gasteiger partial charge is 0.452 e. The van der Waals surface area contributed by atoms with E-state index >= 15 is 0 Å². The third kappa shape index (κ3) is 4.83. The Kier molecular flexibility index (Phi) is 6.19. The van der Waals surface area contributed by atoms with E-state index in [9.17, 15) is 19.7 Å². The molecule has 0 saturated carbocycles. The lowest BCUT2D eigenvalue weighted by Crippen LogP contribution is -2.31. The van der Waals surface area contributed by atoms with Gasteiger partial charge in [0, 0.05) is 30.6 Å². The molecule has 28 heavy (non-hydrogen) atoms. The van der Waals surface area contributed by atoms with Crippen LogP contribution in [0.1, 0.15) is 35.3 Å². The van der Waals surface area contributed by atoms with Gasteiger partial charge in [0.2, 0.25) is 0 Å². The minimum absolute atomic E-state index is 0.0917. The van der Waals surface area contributed by atoms with Gasteiger partial charge in [0.15, 0.2) is 11.7 Å². The quantitative estimate of drug-likeness (QED) is 0.447. The van der Waals surface area contributed by atoms with Crippen molar-refractivity contribution >= 4 is 39.7 Å². The van der Waals surface area contributed by atoms with Crippen molar-refractivity contribution in [2.45, 2.75) is 26.2 Å². The lowest BCUT2D eigenvalue weighted by molar-refractivity contribution is -0.384. The molecule has 1 aliphatic heterocycles. The summed E-state index contributed by atoms with van der Waals surface area (Å²) in [6.45, 7) is 2.83. The smallest absolute Gasteiger partial charge is 0.341 e. The Morgan fingerprint density at radius 3 is 2.71 bits per heavy atom. The number of piperidine rings is 1. The number of nitrogens with zero attached hydrogens (tertiary/aromatic N) is 3. The fourth-order valence-electron chi connectivity index (χ4n) is 2.99. The summed E-state index contributed by atoms with van der Waals surface area (Å²) in [7, 11) is 0. The number of benzene rings is 1. The average Bonchev–Trinajstić information content (AvgIpc) is 3.10. The van der Waals surface area contributed by atoms with E-state index in [1.165, 1.54) is 23.5 Å². The SMILES string of the molecule is Cc1csc(NC(=O)COC(=O)c2cc([N+](=O)[O-])ccc2N2CCCCC2)n1. The summed E-state index contributed by atoms with van der Waals surface area (Å²) in [6.07, 6.45) is 3.09. The van der Waals surface area contributed by atoms with Crippen molar-refractivity contribution in [1.29, 1.82) is 0 Å². The first-order valence-corrected chi connectivity index (χ1v) is 9.74. The molecule has 0 atom stereocenters. The minimum Gasteiger partial charge on any atom is -0.452 e. The number of esters is 1. The summed E-state index contributed by atoms with van der Waals surface area (Å²) in [5, 5.41) is 15.9. The number of hydrogen-bond acceptors (Lipinski definition) is 8. The number of rotatable bonds is 6. The molecule has 10 heteroatoms. The molecule has 0 aliphatic carbocycles. The third-order valence-corrected chi connectivity index (χ3v) is 5.18. The van der Waals surface area contributed by atoms with Gasteiger partial charge in [-0.25, -0.2) is 9.78 Å². The number of thiazole rings is 1. The summed E-state index contributed by atoms with van der Waals surface area (Å²) < 4.78 is 5.11. The van der Waals surface area contributed by atoms with Crippen LogP contribution in [0, 0.1) is 17.0 Å². The van der Waals surface area contributed by atoms with E-state index in [0.29, 0.717) is 10.8 Å². The van der Waals surface area contributed by atoms with Crippen molar-refractivity contribution < 1.29 is 19.2 Å². The lowest BCUT2D eigenvalue weighted by Gasteiger charge is -2.30. The molecular weight excluding hydrogens is 384 g/mol. The maximum atomic E-state index is 12.6. The molecule has 2 heterocycles. The standard InChI is InChI=1S/C18H20N4O5S/c1-12-11-28-18(19-12)20-16(23)10-27-17(24)14-9-13(22(25)26)5-6-15(14)21-7-3-2-4-8-21/h5-6,9,11H,2-4,7-8,10H2,1H3,(H,19,20,23). The second-order valence-electron chi connectivity index (χ2n) is 6.42. The first-order chi connectivity index (χ1) is 13.4. The molecule has 1 amide bonds. The molecule has 1 aromatic heterocycles. The number of carbonyl (C=O) groups excluding carboxylic acids is 2. The Hall–Kier alpha value is -3.01. The van der Waals surface area contributed by atoms with Crippen LogP contribution >= 0.6 is 11.3 Å². The Morgan fingerprint density at radius 2 is 2.07 bits per heavy atom. The van der Waals surface area contributed by atoms with E-state index in [2.05, 4.69) is 10.3 Å². The summed E-state index contributed by atoms with van der Waals surface area (Å²) >= 11 is 1.27. The van der Waals surface area contributed by atoms with E-state index in [-0.39, 0.29) is 11.3 Å². The molecule has 0 radical (unpaired) electrons. The third-order valence-electron chi connectivity index (χ3n) is 4.31. The van der Waals surface area contributed by atoms with Crippen molar-refractivity contribution in [3.63, 3.8) is 0 Å². The Morgan fingerprint density at radius 1 is 1.32 bits per heavy atom. The maximum Gasteiger partial charge on any atom is 0.341 e. The molecule has 1 saturated heterocycles. The number of aryl methyl sites for hydroxylation is 1. The van der Waals surface area contributed by atoms with Gasteiger partial charge >= 0.3 is 5.97 Å². The fraction of sp³-hybridized carbons (Fsp3) is 0.389. The monoisotopic (exact) mass is 404 g/mol. The second kappa shape index (κ2) is 8.79. The highest BCUT2D eigenvalue weighted by Gasteiger charge is 2.23. The summed E-state index contributed by atoms with van der Waals surface area (Å²) in [6, 6.07) is 4.14. The topological polar surface area (TPSA) is 115 Å². The molecule has 9 nitrogen and oxygen atoms in total. The normalized spacial score (nSPS) is 13.8.